The molecule has 0 aromatic rings. The first-order valence-corrected chi connectivity index (χ1v) is 8.85. The van der Waals surface area contributed by atoms with Gasteiger partial charge in [-0.3, -0.25) is 4.79 Å². The van der Waals surface area contributed by atoms with Crippen LogP contribution in [0, 0.1) is 5.92 Å². The molecular formula is C13H26N2O5S. The smallest absolute Gasteiger partial charge is 0.322 e. The lowest BCUT2D eigenvalue weighted by molar-refractivity contribution is -0.142. The normalized spacial score (nSPS) is 20.8. The minimum atomic E-state index is -3.76. The summed E-state index contributed by atoms with van der Waals surface area (Å²) in [6.07, 6.45) is 2.72. The standard InChI is InChI=1S/C13H26N2O5S/c1-11(2)6-9-20-10-7-14-21(18,19)15-8-4-3-5-12(15)13(16)17/h11-12,14H,3-10H2,1-2H3,(H,16,17). The van der Waals surface area contributed by atoms with Gasteiger partial charge in [-0.15, -0.1) is 0 Å². The van der Waals surface area contributed by atoms with Gasteiger partial charge in [0.2, 0.25) is 0 Å². The van der Waals surface area contributed by atoms with Crippen LogP contribution in [0.15, 0.2) is 0 Å². The topological polar surface area (TPSA) is 95.9 Å². The van der Waals surface area contributed by atoms with Gasteiger partial charge in [-0.25, -0.2) is 0 Å². The van der Waals surface area contributed by atoms with Crippen LogP contribution in [0.25, 0.3) is 0 Å². The van der Waals surface area contributed by atoms with Gasteiger partial charge in [0.25, 0.3) is 10.2 Å². The van der Waals surface area contributed by atoms with E-state index in [4.69, 9.17) is 9.84 Å². The van der Waals surface area contributed by atoms with Gasteiger partial charge >= 0.3 is 5.97 Å². The second-order valence-corrected chi connectivity index (χ2v) is 7.36. The van der Waals surface area contributed by atoms with Crippen molar-refractivity contribution in [2.75, 3.05) is 26.3 Å². The molecule has 0 radical (unpaired) electrons. The van der Waals surface area contributed by atoms with E-state index in [1.807, 2.05) is 0 Å². The molecule has 8 heteroatoms. The molecule has 1 aliphatic rings. The Bertz CT molecular complexity index is 424. The molecule has 2 N–H and O–H groups in total. The molecule has 0 aromatic carbocycles. The summed E-state index contributed by atoms with van der Waals surface area (Å²) in [6, 6.07) is -0.960. The average molecular weight is 322 g/mol. The molecule has 0 saturated carbocycles. The first-order valence-electron chi connectivity index (χ1n) is 7.41. The van der Waals surface area contributed by atoms with Crippen LogP contribution >= 0.6 is 0 Å². The van der Waals surface area contributed by atoms with Crippen LogP contribution in [0.1, 0.15) is 39.5 Å². The summed E-state index contributed by atoms with van der Waals surface area (Å²) >= 11 is 0. The van der Waals surface area contributed by atoms with E-state index in [1.165, 1.54) is 0 Å². The fourth-order valence-electron chi connectivity index (χ4n) is 2.19. The second-order valence-electron chi connectivity index (χ2n) is 5.65. The average Bonchev–Trinajstić information content (AvgIpc) is 2.42. The summed E-state index contributed by atoms with van der Waals surface area (Å²) in [4.78, 5) is 11.1. The minimum absolute atomic E-state index is 0.156. The fourth-order valence-corrected chi connectivity index (χ4v) is 3.59. The molecule has 1 heterocycles. The number of hydrogen-bond acceptors (Lipinski definition) is 4. The van der Waals surface area contributed by atoms with E-state index in [0.29, 0.717) is 25.4 Å². The lowest BCUT2D eigenvalue weighted by Gasteiger charge is -2.31. The number of aliphatic carboxylic acids is 1. The maximum atomic E-state index is 12.1. The van der Waals surface area contributed by atoms with Gasteiger partial charge in [-0.1, -0.05) is 13.8 Å². The third-order valence-corrected chi connectivity index (χ3v) is 5.04. The molecule has 0 aliphatic carbocycles. The van der Waals surface area contributed by atoms with Crippen molar-refractivity contribution in [3.8, 4) is 0 Å². The van der Waals surface area contributed by atoms with E-state index in [0.717, 1.165) is 17.1 Å². The summed E-state index contributed by atoms with van der Waals surface area (Å²) in [5.41, 5.74) is 0. The molecular weight excluding hydrogens is 296 g/mol. The van der Waals surface area contributed by atoms with Crippen LogP contribution in [-0.2, 0) is 19.7 Å². The first-order chi connectivity index (χ1) is 9.84. The van der Waals surface area contributed by atoms with Crippen molar-refractivity contribution in [1.82, 2.24) is 9.03 Å². The van der Waals surface area contributed by atoms with Gasteiger partial charge in [0.15, 0.2) is 0 Å². The van der Waals surface area contributed by atoms with E-state index in [2.05, 4.69) is 18.6 Å². The van der Waals surface area contributed by atoms with Gasteiger partial charge in [0.1, 0.15) is 6.04 Å². The van der Waals surface area contributed by atoms with Gasteiger partial charge in [0.05, 0.1) is 6.61 Å². The minimum Gasteiger partial charge on any atom is -0.480 e. The van der Waals surface area contributed by atoms with E-state index < -0.39 is 22.2 Å². The summed E-state index contributed by atoms with van der Waals surface area (Å²) in [6.45, 7) is 5.48. The monoisotopic (exact) mass is 322 g/mol. The third-order valence-electron chi connectivity index (χ3n) is 3.42. The number of rotatable bonds is 9. The van der Waals surface area contributed by atoms with E-state index >= 15 is 0 Å². The number of carbonyl (C=O) groups is 1. The lowest BCUT2D eigenvalue weighted by atomic mass is 10.1. The quantitative estimate of drug-likeness (QED) is 0.613. The Morgan fingerprint density at radius 3 is 2.71 bits per heavy atom. The maximum absolute atomic E-state index is 12.1. The SMILES string of the molecule is CC(C)CCOCCNS(=O)(=O)N1CCCCC1C(=O)O. The Morgan fingerprint density at radius 1 is 1.38 bits per heavy atom. The highest BCUT2D eigenvalue weighted by Crippen LogP contribution is 2.19. The van der Waals surface area contributed by atoms with E-state index in [-0.39, 0.29) is 19.7 Å². The number of carboxylic acids is 1. The summed E-state index contributed by atoms with van der Waals surface area (Å²) in [5, 5.41) is 9.11. The molecule has 1 fully saturated rings. The van der Waals surface area contributed by atoms with Crippen LogP contribution < -0.4 is 4.72 Å². The van der Waals surface area contributed by atoms with Gasteiger partial charge in [0, 0.05) is 19.7 Å². The van der Waals surface area contributed by atoms with Crippen molar-refractivity contribution in [3.63, 3.8) is 0 Å². The molecule has 0 amide bonds. The van der Waals surface area contributed by atoms with Crippen molar-refractivity contribution in [2.45, 2.75) is 45.6 Å². The number of carboxylic acid groups (broad SMARTS) is 1. The predicted octanol–water partition coefficient (Wildman–Crippen LogP) is 0.823. The third kappa shape index (κ3) is 6.29. The van der Waals surface area contributed by atoms with E-state index in [1.54, 1.807) is 0 Å². The Morgan fingerprint density at radius 2 is 2.10 bits per heavy atom. The molecule has 124 valence electrons. The zero-order valence-electron chi connectivity index (χ0n) is 12.7. The van der Waals surface area contributed by atoms with Crippen molar-refractivity contribution in [2.24, 2.45) is 5.92 Å². The first kappa shape index (κ1) is 18.3. The number of ether oxygens (including phenoxy) is 1. The summed E-state index contributed by atoms with van der Waals surface area (Å²) in [7, 11) is -3.76. The molecule has 1 aliphatic heterocycles. The van der Waals surface area contributed by atoms with Crippen LogP contribution in [0.4, 0.5) is 0 Å². The number of nitrogens with one attached hydrogen (secondary N) is 1. The van der Waals surface area contributed by atoms with Crippen LogP contribution in [-0.4, -0.2) is 56.1 Å². The van der Waals surface area contributed by atoms with Crippen LogP contribution in [0.5, 0.6) is 0 Å². The zero-order valence-corrected chi connectivity index (χ0v) is 13.6. The molecule has 21 heavy (non-hydrogen) atoms. The Kier molecular flexibility index (Phi) is 7.58. The van der Waals surface area contributed by atoms with Crippen LogP contribution in [0.3, 0.4) is 0 Å². The maximum Gasteiger partial charge on any atom is 0.322 e. The van der Waals surface area contributed by atoms with Crippen molar-refractivity contribution < 1.29 is 23.1 Å². The van der Waals surface area contributed by atoms with Crippen molar-refractivity contribution in [1.29, 1.82) is 0 Å². The van der Waals surface area contributed by atoms with Crippen molar-refractivity contribution in [3.05, 3.63) is 0 Å². The molecule has 0 aromatic heterocycles. The Balaban J connectivity index is 2.39. The molecule has 1 atom stereocenters. The lowest BCUT2D eigenvalue weighted by Crippen LogP contribution is -2.52. The van der Waals surface area contributed by atoms with Crippen molar-refractivity contribution >= 4 is 16.2 Å². The Labute approximate surface area is 126 Å². The summed E-state index contributed by atoms with van der Waals surface area (Å²) < 4.78 is 33.1. The fraction of sp³-hybridized carbons (Fsp3) is 0.923. The number of hydrogen-bond donors (Lipinski definition) is 2. The van der Waals surface area contributed by atoms with Gasteiger partial charge < -0.3 is 9.84 Å². The van der Waals surface area contributed by atoms with Gasteiger partial charge in [-0.05, 0) is 31.6 Å². The summed E-state index contributed by atoms with van der Waals surface area (Å²) in [5.74, 6) is -0.542. The van der Waals surface area contributed by atoms with E-state index in [9.17, 15) is 13.2 Å². The molecule has 7 nitrogen and oxygen atoms in total. The zero-order chi connectivity index (χ0) is 15.9. The Hall–Kier alpha value is -0.700. The molecule has 0 bridgehead atoms. The molecule has 1 rings (SSSR count). The molecule has 1 unspecified atom stereocenters. The largest absolute Gasteiger partial charge is 0.480 e. The predicted molar refractivity (Wildman–Crippen MR) is 79.2 cm³/mol. The highest BCUT2D eigenvalue weighted by Gasteiger charge is 2.36. The molecule has 0 spiro atoms. The van der Waals surface area contributed by atoms with Crippen LogP contribution in [0.2, 0.25) is 0 Å². The highest BCUT2D eigenvalue weighted by molar-refractivity contribution is 7.87. The van der Waals surface area contributed by atoms with Gasteiger partial charge in [-0.2, -0.15) is 17.4 Å². The molecule has 1 saturated heterocycles. The number of nitrogens with zero attached hydrogens (tertiary/aromatic N) is 1. The highest BCUT2D eigenvalue weighted by atomic mass is 32.2. The number of piperidine rings is 1. The second kappa shape index (κ2) is 8.67.